The molecule has 0 fully saturated rings. The average Bonchev–Trinajstić information content (AvgIpc) is 2.65. The van der Waals surface area contributed by atoms with E-state index in [0.717, 1.165) is 6.07 Å². The van der Waals surface area contributed by atoms with Gasteiger partial charge in [-0.15, -0.1) is 0 Å². The summed E-state index contributed by atoms with van der Waals surface area (Å²) >= 11 is 5.68. The smallest absolute Gasteiger partial charge is 0.447 e. The van der Waals surface area contributed by atoms with Gasteiger partial charge in [-0.1, -0.05) is 11.6 Å². The highest BCUT2D eigenvalue weighted by Crippen LogP contribution is 2.46. The molecule has 0 spiro atoms. The minimum absolute atomic E-state index is 0.167. The summed E-state index contributed by atoms with van der Waals surface area (Å²) in [6.07, 6.45) is -6.95. The molecule has 0 saturated carbocycles. The minimum Gasteiger partial charge on any atom is -0.447 e. The third-order valence-electron chi connectivity index (χ3n) is 2.40. The summed E-state index contributed by atoms with van der Waals surface area (Å²) in [5, 5.41) is 1.72. The summed E-state index contributed by atoms with van der Waals surface area (Å²) in [5.74, 6) is -3.77. The van der Waals surface area contributed by atoms with Gasteiger partial charge < -0.3 is 14.2 Å². The zero-order chi connectivity index (χ0) is 15.8. The molecule has 1 aromatic carbocycles. The molecule has 116 valence electrons. The molecule has 21 heavy (non-hydrogen) atoms. The number of hydrogen-bond donors (Lipinski definition) is 1. The number of carbonyl (C=O) groups excluding carboxylic acids is 1. The largest absolute Gasteiger partial charge is 0.492 e. The SMILES string of the molecule is CC(C)OC(=O)NC1(C(F)(F)F)Oc2ccc(Cl)cc2O1. The lowest BCUT2D eigenvalue weighted by molar-refractivity contribution is -0.319. The van der Waals surface area contributed by atoms with E-state index >= 15 is 0 Å². The predicted octanol–water partition coefficient (Wildman–Crippen LogP) is 3.46. The van der Waals surface area contributed by atoms with E-state index in [9.17, 15) is 18.0 Å². The second-order valence-corrected chi connectivity index (χ2v) is 4.93. The molecule has 0 radical (unpaired) electrons. The molecular weight excluding hydrogens is 315 g/mol. The number of nitrogens with one attached hydrogen (secondary N) is 1. The molecular formula is C12H11ClF3NO4. The molecule has 1 aromatic rings. The maximum absolute atomic E-state index is 13.2. The Morgan fingerprint density at radius 2 is 1.95 bits per heavy atom. The van der Waals surface area contributed by atoms with Crippen LogP contribution < -0.4 is 14.8 Å². The van der Waals surface area contributed by atoms with Crippen molar-refractivity contribution in [2.75, 3.05) is 0 Å². The van der Waals surface area contributed by atoms with Crippen LogP contribution in [0.3, 0.4) is 0 Å². The number of hydrogen-bond acceptors (Lipinski definition) is 4. The van der Waals surface area contributed by atoms with Gasteiger partial charge in [-0.2, -0.15) is 13.2 Å². The first kappa shape index (κ1) is 15.6. The molecule has 5 nitrogen and oxygen atoms in total. The first-order valence-corrected chi connectivity index (χ1v) is 6.24. The second-order valence-electron chi connectivity index (χ2n) is 4.49. The number of rotatable bonds is 2. The predicted molar refractivity (Wildman–Crippen MR) is 66.2 cm³/mol. The lowest BCUT2D eigenvalue weighted by Gasteiger charge is -2.29. The van der Waals surface area contributed by atoms with Gasteiger partial charge in [-0.3, -0.25) is 0 Å². The number of ether oxygens (including phenoxy) is 3. The van der Waals surface area contributed by atoms with Crippen LogP contribution in [0.4, 0.5) is 18.0 Å². The zero-order valence-corrected chi connectivity index (χ0v) is 11.7. The summed E-state index contributed by atoms with van der Waals surface area (Å²) in [6, 6.07) is 3.70. The Morgan fingerprint density at radius 3 is 2.52 bits per heavy atom. The molecule has 2 rings (SSSR count). The Kier molecular flexibility index (Phi) is 3.83. The van der Waals surface area contributed by atoms with Crippen molar-refractivity contribution < 1.29 is 32.2 Å². The van der Waals surface area contributed by atoms with Gasteiger partial charge in [-0.05, 0) is 26.0 Å². The topological polar surface area (TPSA) is 56.8 Å². The van der Waals surface area contributed by atoms with Gasteiger partial charge in [0.05, 0.1) is 6.10 Å². The molecule has 0 aromatic heterocycles. The Balaban J connectivity index is 2.28. The molecule has 1 amide bonds. The Morgan fingerprint density at radius 1 is 1.33 bits per heavy atom. The molecule has 0 aliphatic carbocycles. The Hall–Kier alpha value is -1.83. The third kappa shape index (κ3) is 3.10. The van der Waals surface area contributed by atoms with Gasteiger partial charge >= 0.3 is 18.2 Å². The van der Waals surface area contributed by atoms with Gasteiger partial charge in [0.25, 0.3) is 0 Å². The van der Waals surface area contributed by atoms with E-state index in [1.54, 1.807) is 5.32 Å². The Bertz CT molecular complexity index is 564. The van der Waals surface area contributed by atoms with E-state index in [1.807, 2.05) is 0 Å². The van der Waals surface area contributed by atoms with Crippen molar-refractivity contribution in [3.8, 4) is 11.5 Å². The fraction of sp³-hybridized carbons (Fsp3) is 0.417. The number of alkyl carbamates (subject to hydrolysis) is 1. The van der Waals surface area contributed by atoms with Crippen LogP contribution >= 0.6 is 11.6 Å². The van der Waals surface area contributed by atoms with Crippen LogP contribution in [0.15, 0.2) is 18.2 Å². The van der Waals surface area contributed by atoms with Crippen LogP contribution in [0, 0.1) is 0 Å². The van der Waals surface area contributed by atoms with Gasteiger partial charge in [0, 0.05) is 11.1 Å². The van der Waals surface area contributed by atoms with E-state index in [-0.39, 0.29) is 16.5 Å². The highest BCUT2D eigenvalue weighted by Gasteiger charge is 2.66. The lowest BCUT2D eigenvalue weighted by Crippen LogP contribution is -2.65. The molecule has 1 aliphatic heterocycles. The van der Waals surface area contributed by atoms with Gasteiger partial charge in [0.15, 0.2) is 11.5 Å². The van der Waals surface area contributed by atoms with Crippen LogP contribution in [0.25, 0.3) is 0 Å². The normalized spacial score (nSPS) is 20.5. The third-order valence-corrected chi connectivity index (χ3v) is 2.63. The van der Waals surface area contributed by atoms with Crippen LogP contribution in [-0.2, 0) is 4.74 Å². The maximum atomic E-state index is 13.2. The molecule has 1 N–H and O–H groups in total. The number of carbonyl (C=O) groups is 1. The highest BCUT2D eigenvalue weighted by atomic mass is 35.5. The van der Waals surface area contributed by atoms with Gasteiger partial charge in [-0.25, -0.2) is 10.1 Å². The monoisotopic (exact) mass is 325 g/mol. The summed E-state index contributed by atoms with van der Waals surface area (Å²) < 4.78 is 53.8. The van der Waals surface area contributed by atoms with Crippen molar-refractivity contribution in [3.05, 3.63) is 23.2 Å². The van der Waals surface area contributed by atoms with Gasteiger partial charge in [0.2, 0.25) is 0 Å². The quantitative estimate of drug-likeness (QED) is 0.904. The summed E-state index contributed by atoms with van der Waals surface area (Å²) in [5.41, 5.74) is 0. The first-order chi connectivity index (χ1) is 9.63. The van der Waals surface area contributed by atoms with E-state index < -0.39 is 24.3 Å². The van der Waals surface area contributed by atoms with Gasteiger partial charge in [0.1, 0.15) is 0 Å². The van der Waals surface area contributed by atoms with Crippen LogP contribution in [0.2, 0.25) is 5.02 Å². The standard InChI is InChI=1S/C12H11ClF3NO4/c1-6(2)19-10(18)17-12(11(14,15)16)20-8-4-3-7(13)5-9(8)21-12/h3-6H,1-2H3,(H,17,18). The molecule has 1 aliphatic rings. The van der Waals surface area contributed by atoms with Crippen LogP contribution in [0.5, 0.6) is 11.5 Å². The number of halogens is 4. The van der Waals surface area contributed by atoms with Crippen LogP contribution in [-0.4, -0.2) is 24.3 Å². The van der Waals surface area contributed by atoms with Crippen molar-refractivity contribution >= 4 is 17.7 Å². The fourth-order valence-corrected chi connectivity index (χ4v) is 1.75. The second kappa shape index (κ2) is 5.18. The van der Waals surface area contributed by atoms with E-state index in [0.29, 0.717) is 0 Å². The van der Waals surface area contributed by atoms with E-state index in [1.165, 1.54) is 26.0 Å². The number of fused-ring (bicyclic) bond motifs is 1. The van der Waals surface area contributed by atoms with E-state index in [4.69, 9.17) is 21.1 Å². The molecule has 9 heteroatoms. The van der Waals surface area contributed by atoms with E-state index in [2.05, 4.69) is 4.74 Å². The highest BCUT2D eigenvalue weighted by molar-refractivity contribution is 6.30. The molecule has 0 bridgehead atoms. The average molecular weight is 326 g/mol. The lowest BCUT2D eigenvalue weighted by atomic mass is 10.3. The van der Waals surface area contributed by atoms with Crippen LogP contribution in [0.1, 0.15) is 13.8 Å². The summed E-state index contributed by atoms with van der Waals surface area (Å²) in [6.45, 7) is 2.98. The van der Waals surface area contributed by atoms with Crippen molar-refractivity contribution in [3.63, 3.8) is 0 Å². The van der Waals surface area contributed by atoms with Crippen molar-refractivity contribution in [2.24, 2.45) is 0 Å². The Labute approximate surface area is 122 Å². The van der Waals surface area contributed by atoms with Crippen molar-refractivity contribution in [2.45, 2.75) is 32.0 Å². The molecule has 1 heterocycles. The molecule has 1 unspecified atom stereocenters. The first-order valence-electron chi connectivity index (χ1n) is 5.86. The van der Waals surface area contributed by atoms with Crippen molar-refractivity contribution in [1.82, 2.24) is 5.32 Å². The summed E-state index contributed by atoms with van der Waals surface area (Å²) in [7, 11) is 0. The number of amides is 1. The zero-order valence-electron chi connectivity index (χ0n) is 11.0. The molecule has 0 saturated heterocycles. The number of alkyl halides is 3. The minimum atomic E-state index is -5.03. The fourth-order valence-electron chi connectivity index (χ4n) is 1.59. The molecule has 1 atom stereocenters. The summed E-state index contributed by atoms with van der Waals surface area (Å²) in [4.78, 5) is 11.5. The maximum Gasteiger partial charge on any atom is 0.492 e. The van der Waals surface area contributed by atoms with Crippen molar-refractivity contribution in [1.29, 1.82) is 0 Å². The number of benzene rings is 1.